The molecular formula is C29H33N5O. The summed E-state index contributed by atoms with van der Waals surface area (Å²) in [6.07, 6.45) is 9.67. The van der Waals surface area contributed by atoms with Crippen molar-refractivity contribution in [2.45, 2.75) is 39.0 Å². The zero-order valence-corrected chi connectivity index (χ0v) is 20.8. The number of H-pyrrole nitrogens is 1. The van der Waals surface area contributed by atoms with Gasteiger partial charge in [-0.15, -0.1) is 0 Å². The average Bonchev–Trinajstić information content (AvgIpc) is 3.43. The molecule has 1 aromatic carbocycles. The van der Waals surface area contributed by atoms with Crippen molar-refractivity contribution in [1.29, 1.82) is 5.26 Å². The molecule has 2 saturated heterocycles. The van der Waals surface area contributed by atoms with Crippen LogP contribution in [0.1, 0.15) is 52.6 Å². The molecule has 6 nitrogen and oxygen atoms in total. The van der Waals surface area contributed by atoms with Gasteiger partial charge in [-0.05, 0) is 82.9 Å². The third-order valence-electron chi connectivity index (χ3n) is 8.86. The number of fused-ring (bicyclic) bond motifs is 1. The van der Waals surface area contributed by atoms with E-state index in [1.165, 1.54) is 0 Å². The summed E-state index contributed by atoms with van der Waals surface area (Å²) in [5.41, 5.74) is 5.92. The summed E-state index contributed by atoms with van der Waals surface area (Å²) in [7, 11) is 2.18. The van der Waals surface area contributed by atoms with E-state index in [-0.39, 0.29) is 11.3 Å². The summed E-state index contributed by atoms with van der Waals surface area (Å²) in [6.45, 7) is 7.97. The van der Waals surface area contributed by atoms with Crippen molar-refractivity contribution < 1.29 is 4.79 Å². The molecule has 1 N–H and O–H groups in total. The Bertz CT molecular complexity index is 1280. The first kappa shape index (κ1) is 22.3. The number of likely N-dealkylation sites (tertiary alicyclic amines) is 2. The Morgan fingerprint density at radius 2 is 2.00 bits per heavy atom. The number of hydrogen-bond acceptors (Lipinski definition) is 4. The summed E-state index contributed by atoms with van der Waals surface area (Å²) in [6, 6.07) is 8.29. The smallest absolute Gasteiger partial charge is 0.253 e. The van der Waals surface area contributed by atoms with E-state index >= 15 is 0 Å². The summed E-state index contributed by atoms with van der Waals surface area (Å²) in [5, 5.41) is 9.15. The van der Waals surface area contributed by atoms with Gasteiger partial charge in [-0.1, -0.05) is 18.2 Å². The summed E-state index contributed by atoms with van der Waals surface area (Å²) in [5.74, 6) is 2.62. The van der Waals surface area contributed by atoms with Gasteiger partial charge in [-0.3, -0.25) is 4.79 Å². The molecule has 1 amide bonds. The van der Waals surface area contributed by atoms with Crippen LogP contribution in [0.3, 0.4) is 0 Å². The number of allylic oxidation sites excluding steroid dienone is 4. The number of hydrogen-bond donors (Lipinski definition) is 1. The number of aromatic amines is 1. The molecule has 3 fully saturated rings. The van der Waals surface area contributed by atoms with Gasteiger partial charge in [-0.25, -0.2) is 4.98 Å². The van der Waals surface area contributed by atoms with Gasteiger partial charge in [0.15, 0.2) is 0 Å². The molecule has 0 spiro atoms. The van der Waals surface area contributed by atoms with E-state index < -0.39 is 0 Å². The Kier molecular flexibility index (Phi) is 5.23. The molecule has 4 aliphatic rings. The highest BCUT2D eigenvalue weighted by Crippen LogP contribution is 2.63. The van der Waals surface area contributed by atoms with Crippen LogP contribution in [0.2, 0.25) is 0 Å². The minimum atomic E-state index is 0.105. The topological polar surface area (TPSA) is 76.0 Å². The van der Waals surface area contributed by atoms with Gasteiger partial charge in [-0.2, -0.15) is 5.26 Å². The van der Waals surface area contributed by atoms with E-state index in [1.54, 1.807) is 0 Å². The van der Waals surface area contributed by atoms with Gasteiger partial charge in [0.2, 0.25) is 0 Å². The largest absolute Gasteiger partial charge is 0.345 e. The zero-order valence-electron chi connectivity index (χ0n) is 20.8. The molecule has 35 heavy (non-hydrogen) atoms. The standard InChI is InChI=1S/C29H33N5O/c1-18-4-5-22(13-25(18)26-19(2)31-27(32-26)21-7-10-33(3)11-8-21)28(35)34-16-24(17-34)29-9-6-20(15-30)12-23(29)14-29/h4-6,9,12-13,21,23-24H,7-8,10-11,14,16-17H2,1-3H3,(H,31,32). The summed E-state index contributed by atoms with van der Waals surface area (Å²) < 4.78 is 0. The minimum Gasteiger partial charge on any atom is -0.345 e. The molecule has 2 atom stereocenters. The van der Waals surface area contributed by atoms with Crippen LogP contribution in [-0.4, -0.2) is 58.9 Å². The van der Waals surface area contributed by atoms with E-state index in [2.05, 4.69) is 55.1 Å². The van der Waals surface area contributed by atoms with Gasteiger partial charge >= 0.3 is 0 Å². The van der Waals surface area contributed by atoms with Crippen molar-refractivity contribution in [3.05, 3.63) is 64.6 Å². The van der Waals surface area contributed by atoms with E-state index in [0.29, 0.717) is 17.8 Å². The first-order valence-electron chi connectivity index (χ1n) is 12.8. The maximum atomic E-state index is 13.4. The Morgan fingerprint density at radius 3 is 2.71 bits per heavy atom. The molecule has 0 radical (unpaired) electrons. The van der Waals surface area contributed by atoms with E-state index in [1.807, 2.05) is 23.1 Å². The number of amides is 1. The fourth-order valence-corrected chi connectivity index (χ4v) is 6.32. The third-order valence-corrected chi connectivity index (χ3v) is 8.86. The van der Waals surface area contributed by atoms with Gasteiger partial charge in [0.25, 0.3) is 5.91 Å². The fourth-order valence-electron chi connectivity index (χ4n) is 6.32. The van der Waals surface area contributed by atoms with Gasteiger partial charge < -0.3 is 14.8 Å². The van der Waals surface area contributed by atoms with Crippen LogP contribution in [-0.2, 0) is 0 Å². The van der Waals surface area contributed by atoms with Gasteiger partial charge in [0.1, 0.15) is 5.82 Å². The number of piperidine rings is 1. The van der Waals surface area contributed by atoms with Crippen molar-refractivity contribution in [3.8, 4) is 17.3 Å². The monoisotopic (exact) mass is 467 g/mol. The van der Waals surface area contributed by atoms with Crippen LogP contribution in [0.4, 0.5) is 0 Å². The quantitative estimate of drug-likeness (QED) is 0.713. The number of aromatic nitrogens is 2. The minimum absolute atomic E-state index is 0.105. The molecule has 2 aliphatic heterocycles. The molecule has 3 heterocycles. The average molecular weight is 468 g/mol. The van der Waals surface area contributed by atoms with Crippen LogP contribution in [0.25, 0.3) is 11.3 Å². The molecule has 1 aromatic heterocycles. The highest BCUT2D eigenvalue weighted by Gasteiger charge is 2.60. The number of imidazole rings is 1. The normalized spacial score (nSPS) is 26.6. The van der Waals surface area contributed by atoms with E-state index in [0.717, 1.165) is 84.9 Å². The number of nitriles is 1. The highest BCUT2D eigenvalue weighted by molar-refractivity contribution is 5.96. The second-order valence-electron chi connectivity index (χ2n) is 11.1. The first-order chi connectivity index (χ1) is 16.9. The van der Waals surface area contributed by atoms with Crippen molar-refractivity contribution in [2.24, 2.45) is 17.3 Å². The molecule has 6 heteroatoms. The predicted octanol–water partition coefficient (Wildman–Crippen LogP) is 4.60. The van der Waals surface area contributed by atoms with E-state index in [4.69, 9.17) is 10.2 Å². The van der Waals surface area contributed by atoms with E-state index in [9.17, 15) is 4.79 Å². The Labute approximate surface area is 207 Å². The van der Waals surface area contributed by atoms with Crippen LogP contribution in [0.15, 0.2) is 42.0 Å². The zero-order chi connectivity index (χ0) is 24.3. The van der Waals surface area contributed by atoms with Crippen LogP contribution in [0, 0.1) is 42.4 Å². The highest BCUT2D eigenvalue weighted by atomic mass is 16.2. The lowest BCUT2D eigenvalue weighted by Crippen LogP contribution is -2.53. The lowest BCUT2D eigenvalue weighted by molar-refractivity contribution is 0.0372. The number of aryl methyl sites for hydroxylation is 2. The second kappa shape index (κ2) is 8.20. The third kappa shape index (κ3) is 3.73. The number of carbonyl (C=O) groups excluding carboxylic acids is 1. The van der Waals surface area contributed by atoms with Crippen LogP contribution < -0.4 is 0 Å². The molecule has 6 rings (SSSR count). The lowest BCUT2D eigenvalue weighted by atomic mass is 9.78. The number of rotatable bonds is 4. The Balaban J connectivity index is 1.17. The molecule has 0 bridgehead atoms. The molecule has 2 unspecified atom stereocenters. The summed E-state index contributed by atoms with van der Waals surface area (Å²) >= 11 is 0. The number of benzene rings is 1. The van der Waals surface area contributed by atoms with Crippen molar-refractivity contribution in [3.63, 3.8) is 0 Å². The first-order valence-corrected chi connectivity index (χ1v) is 12.8. The van der Waals surface area contributed by atoms with Crippen molar-refractivity contribution in [1.82, 2.24) is 19.8 Å². The van der Waals surface area contributed by atoms with Crippen molar-refractivity contribution >= 4 is 5.91 Å². The maximum absolute atomic E-state index is 13.4. The maximum Gasteiger partial charge on any atom is 0.253 e. The number of nitrogens with zero attached hydrogens (tertiary/aromatic N) is 4. The van der Waals surface area contributed by atoms with Gasteiger partial charge in [0.05, 0.1) is 11.8 Å². The van der Waals surface area contributed by atoms with Crippen molar-refractivity contribution in [2.75, 3.05) is 33.2 Å². The van der Waals surface area contributed by atoms with Crippen LogP contribution in [0.5, 0.6) is 0 Å². The van der Waals surface area contributed by atoms with Crippen LogP contribution >= 0.6 is 0 Å². The number of nitrogens with one attached hydrogen (secondary N) is 1. The number of carbonyl (C=O) groups is 1. The van der Waals surface area contributed by atoms with Gasteiger partial charge in [0, 0.05) is 52.7 Å². The molecule has 2 aromatic rings. The molecular weight excluding hydrogens is 434 g/mol. The molecule has 180 valence electrons. The molecule has 2 aliphatic carbocycles. The predicted molar refractivity (Wildman–Crippen MR) is 136 cm³/mol. The SMILES string of the molecule is Cc1ccc(C(=O)N2CC(C34C=CC(C#N)=CC3C4)C2)cc1-c1nc(C2CCN(C)CC2)[nH]c1C. The fraction of sp³-hybridized carbons (Fsp3) is 0.483. The summed E-state index contributed by atoms with van der Waals surface area (Å²) in [4.78, 5) is 26.3. The molecule has 1 saturated carbocycles. The lowest BCUT2D eigenvalue weighted by Gasteiger charge is -2.44. The second-order valence-corrected chi connectivity index (χ2v) is 11.1. The Hall–Kier alpha value is -3.17. The Morgan fingerprint density at radius 1 is 1.23 bits per heavy atom.